The van der Waals surface area contributed by atoms with Gasteiger partial charge < -0.3 is 0 Å². The van der Waals surface area contributed by atoms with Gasteiger partial charge in [0.15, 0.2) is 0 Å². The first-order valence-electron chi connectivity index (χ1n) is 5.50. The van der Waals surface area contributed by atoms with E-state index in [2.05, 4.69) is 26.5 Å². The molecule has 0 radical (unpaired) electrons. The third-order valence-corrected chi connectivity index (χ3v) is 2.86. The van der Waals surface area contributed by atoms with Gasteiger partial charge in [-0.1, -0.05) is 34.1 Å². The Morgan fingerprint density at radius 3 is 2.68 bits per heavy atom. The van der Waals surface area contributed by atoms with E-state index in [0.29, 0.717) is 11.1 Å². The first kappa shape index (κ1) is 13.4. The van der Waals surface area contributed by atoms with Crippen molar-refractivity contribution >= 4 is 28.1 Å². The second-order valence-corrected chi connectivity index (χ2v) is 4.65. The van der Waals surface area contributed by atoms with Crippen LogP contribution in [0.15, 0.2) is 58.1 Å². The number of carbonyl (C=O) groups excluding carboxylic acids is 1. The Balaban J connectivity index is 2.04. The van der Waals surface area contributed by atoms with Crippen molar-refractivity contribution in [2.24, 2.45) is 5.10 Å². The molecule has 0 unspecified atom stereocenters. The van der Waals surface area contributed by atoms with Gasteiger partial charge in [-0.05, 0) is 30.3 Å². The van der Waals surface area contributed by atoms with E-state index < -0.39 is 5.82 Å². The van der Waals surface area contributed by atoms with Crippen LogP contribution < -0.4 is 5.43 Å². The normalized spacial score (nSPS) is 10.6. The predicted molar refractivity (Wildman–Crippen MR) is 75.6 cm³/mol. The number of nitrogens with one attached hydrogen (secondary N) is 1. The van der Waals surface area contributed by atoms with E-state index in [4.69, 9.17) is 0 Å². The summed E-state index contributed by atoms with van der Waals surface area (Å²) in [6.07, 6.45) is 1.26. The molecule has 2 aromatic rings. The fourth-order valence-electron chi connectivity index (χ4n) is 1.43. The Kier molecular flexibility index (Phi) is 4.41. The molecule has 0 atom stereocenters. The van der Waals surface area contributed by atoms with Crippen LogP contribution in [0.25, 0.3) is 0 Å². The van der Waals surface area contributed by atoms with Gasteiger partial charge in [-0.15, -0.1) is 0 Å². The summed E-state index contributed by atoms with van der Waals surface area (Å²) in [6, 6.07) is 13.2. The second kappa shape index (κ2) is 6.24. The number of hydrogen-bond donors (Lipinski definition) is 1. The van der Waals surface area contributed by atoms with Crippen molar-refractivity contribution in [2.75, 3.05) is 0 Å². The lowest BCUT2D eigenvalue weighted by Crippen LogP contribution is -2.17. The largest absolute Gasteiger partial charge is 0.271 e. The van der Waals surface area contributed by atoms with Crippen LogP contribution in [0.3, 0.4) is 0 Å². The molecule has 0 aliphatic carbocycles. The van der Waals surface area contributed by atoms with E-state index in [1.165, 1.54) is 12.3 Å². The van der Waals surface area contributed by atoms with Crippen LogP contribution in [-0.2, 0) is 0 Å². The molecule has 2 aromatic carbocycles. The van der Waals surface area contributed by atoms with Crippen molar-refractivity contribution in [3.63, 3.8) is 0 Å². The Morgan fingerprint density at radius 1 is 1.21 bits per heavy atom. The highest BCUT2D eigenvalue weighted by Crippen LogP contribution is 2.13. The molecule has 0 heterocycles. The number of nitrogens with zero attached hydrogens (tertiary/aromatic N) is 1. The smallest absolute Gasteiger partial charge is 0.267 e. The van der Waals surface area contributed by atoms with Gasteiger partial charge in [-0.3, -0.25) is 4.79 Å². The van der Waals surface area contributed by atoms with E-state index in [-0.39, 0.29) is 5.91 Å². The zero-order chi connectivity index (χ0) is 13.7. The maximum absolute atomic E-state index is 13.4. The quantitative estimate of drug-likeness (QED) is 0.684. The molecule has 0 saturated heterocycles. The Bertz CT molecular complexity index is 614. The first-order chi connectivity index (χ1) is 9.16. The fourth-order valence-corrected chi connectivity index (χ4v) is 1.81. The average molecular weight is 321 g/mol. The van der Waals surface area contributed by atoms with Crippen LogP contribution in [0.5, 0.6) is 0 Å². The second-order valence-electron chi connectivity index (χ2n) is 3.73. The molecule has 2 rings (SSSR count). The van der Waals surface area contributed by atoms with Crippen molar-refractivity contribution in [3.8, 4) is 0 Å². The number of rotatable bonds is 3. The summed E-state index contributed by atoms with van der Waals surface area (Å²) in [5.74, 6) is -0.742. The third-order valence-electron chi connectivity index (χ3n) is 2.36. The standard InChI is InChI=1S/C14H10BrFN2O/c15-12-6-7-13(16)11(8-12)9-17-18-14(19)10-4-2-1-3-5-10/h1-9H,(H,18,19). The third kappa shape index (κ3) is 3.72. The minimum atomic E-state index is -0.402. The number of hydrazone groups is 1. The predicted octanol–water partition coefficient (Wildman–Crippen LogP) is 3.35. The summed E-state index contributed by atoms with van der Waals surface area (Å²) in [5, 5.41) is 3.73. The molecule has 0 fully saturated rings. The summed E-state index contributed by atoms with van der Waals surface area (Å²) in [7, 11) is 0. The number of halogens is 2. The molecule has 1 amide bonds. The molecular formula is C14H10BrFN2O. The van der Waals surface area contributed by atoms with Crippen LogP contribution in [0, 0.1) is 5.82 Å². The van der Waals surface area contributed by atoms with Crippen molar-refractivity contribution in [3.05, 3.63) is 69.9 Å². The van der Waals surface area contributed by atoms with Crippen LogP contribution in [0.1, 0.15) is 15.9 Å². The van der Waals surface area contributed by atoms with E-state index >= 15 is 0 Å². The van der Waals surface area contributed by atoms with E-state index in [9.17, 15) is 9.18 Å². The maximum Gasteiger partial charge on any atom is 0.271 e. The summed E-state index contributed by atoms with van der Waals surface area (Å²) in [5.41, 5.74) is 3.13. The minimum absolute atomic E-state index is 0.294. The van der Waals surface area contributed by atoms with Crippen molar-refractivity contribution < 1.29 is 9.18 Å². The van der Waals surface area contributed by atoms with Crippen molar-refractivity contribution in [1.29, 1.82) is 0 Å². The zero-order valence-corrected chi connectivity index (χ0v) is 11.4. The summed E-state index contributed by atoms with van der Waals surface area (Å²) in [4.78, 5) is 11.7. The number of amides is 1. The highest BCUT2D eigenvalue weighted by Gasteiger charge is 2.03. The SMILES string of the molecule is O=C(NN=Cc1cc(Br)ccc1F)c1ccccc1. The van der Waals surface area contributed by atoms with Crippen LogP contribution >= 0.6 is 15.9 Å². The lowest BCUT2D eigenvalue weighted by atomic mass is 10.2. The van der Waals surface area contributed by atoms with Crippen LogP contribution in [0.2, 0.25) is 0 Å². The molecule has 19 heavy (non-hydrogen) atoms. The van der Waals surface area contributed by atoms with Crippen molar-refractivity contribution in [2.45, 2.75) is 0 Å². The average Bonchev–Trinajstić information content (AvgIpc) is 2.43. The molecule has 0 aromatic heterocycles. The van der Waals surface area contributed by atoms with Gasteiger partial charge in [-0.25, -0.2) is 9.82 Å². The molecule has 0 saturated carbocycles. The van der Waals surface area contributed by atoms with E-state index in [0.717, 1.165) is 4.47 Å². The Labute approximate surface area is 118 Å². The number of benzene rings is 2. The molecule has 3 nitrogen and oxygen atoms in total. The lowest BCUT2D eigenvalue weighted by molar-refractivity contribution is 0.0955. The highest BCUT2D eigenvalue weighted by molar-refractivity contribution is 9.10. The van der Waals surface area contributed by atoms with Gasteiger partial charge in [0, 0.05) is 15.6 Å². The lowest BCUT2D eigenvalue weighted by Gasteiger charge is -2.00. The van der Waals surface area contributed by atoms with Crippen LogP contribution in [0.4, 0.5) is 4.39 Å². The summed E-state index contributed by atoms with van der Waals surface area (Å²) in [6.45, 7) is 0. The molecule has 1 N–H and O–H groups in total. The molecule has 0 aliphatic heterocycles. The van der Waals surface area contributed by atoms with E-state index in [1.54, 1.807) is 36.4 Å². The molecular weight excluding hydrogens is 311 g/mol. The van der Waals surface area contributed by atoms with Crippen molar-refractivity contribution in [1.82, 2.24) is 5.43 Å². The number of hydrogen-bond acceptors (Lipinski definition) is 2. The molecule has 5 heteroatoms. The van der Waals surface area contributed by atoms with Gasteiger partial charge in [0.1, 0.15) is 5.82 Å². The molecule has 0 bridgehead atoms. The fraction of sp³-hybridized carbons (Fsp3) is 0. The maximum atomic E-state index is 13.4. The first-order valence-corrected chi connectivity index (χ1v) is 6.29. The summed E-state index contributed by atoms with van der Waals surface area (Å²) >= 11 is 3.24. The molecule has 0 spiro atoms. The van der Waals surface area contributed by atoms with Gasteiger partial charge in [0.05, 0.1) is 6.21 Å². The molecule has 96 valence electrons. The van der Waals surface area contributed by atoms with Gasteiger partial charge >= 0.3 is 0 Å². The monoisotopic (exact) mass is 320 g/mol. The van der Waals surface area contributed by atoms with Gasteiger partial charge in [-0.2, -0.15) is 5.10 Å². The zero-order valence-electron chi connectivity index (χ0n) is 9.81. The topological polar surface area (TPSA) is 41.5 Å². The Morgan fingerprint density at radius 2 is 1.95 bits per heavy atom. The highest BCUT2D eigenvalue weighted by atomic mass is 79.9. The van der Waals surface area contributed by atoms with Gasteiger partial charge in [0.25, 0.3) is 5.91 Å². The minimum Gasteiger partial charge on any atom is -0.267 e. The summed E-state index contributed by atoms with van der Waals surface area (Å²) < 4.78 is 14.1. The number of carbonyl (C=O) groups is 1. The van der Waals surface area contributed by atoms with Gasteiger partial charge in [0.2, 0.25) is 0 Å². The Hall–Kier alpha value is -2.01. The van der Waals surface area contributed by atoms with E-state index in [1.807, 2.05) is 6.07 Å². The molecule has 0 aliphatic rings. The van der Waals surface area contributed by atoms with Crippen LogP contribution in [-0.4, -0.2) is 12.1 Å².